The molecular formula is C7H4Br2N2. The fourth-order valence-corrected chi connectivity index (χ4v) is 1.84. The van der Waals surface area contributed by atoms with Gasteiger partial charge in [0.2, 0.25) is 0 Å². The van der Waals surface area contributed by atoms with Crippen LogP contribution in [0, 0.1) is 11.3 Å². The molecule has 0 radical (unpaired) electrons. The van der Waals surface area contributed by atoms with Crippen molar-refractivity contribution in [3.05, 3.63) is 26.6 Å². The number of halogens is 2. The normalized spacial score (nSPS) is 9.18. The maximum atomic E-state index is 8.54. The maximum absolute atomic E-state index is 8.54. The third-order valence-electron chi connectivity index (χ3n) is 1.21. The predicted octanol–water partition coefficient (Wildman–Crippen LogP) is 2.67. The lowest BCUT2D eigenvalue weighted by Gasteiger charge is -2.00. The van der Waals surface area contributed by atoms with E-state index in [0.29, 0.717) is 11.3 Å². The second-order valence-electron chi connectivity index (χ2n) is 1.97. The van der Waals surface area contributed by atoms with Crippen molar-refractivity contribution < 1.29 is 0 Å². The van der Waals surface area contributed by atoms with E-state index in [4.69, 9.17) is 11.0 Å². The molecule has 0 aliphatic heterocycles. The van der Waals surface area contributed by atoms with Crippen LogP contribution in [0.15, 0.2) is 21.1 Å². The van der Waals surface area contributed by atoms with E-state index in [2.05, 4.69) is 31.9 Å². The first-order chi connectivity index (χ1) is 5.15. The van der Waals surface area contributed by atoms with Crippen molar-refractivity contribution >= 4 is 37.5 Å². The molecule has 0 spiro atoms. The van der Waals surface area contributed by atoms with E-state index in [1.54, 1.807) is 12.1 Å². The van der Waals surface area contributed by atoms with E-state index in [-0.39, 0.29) is 0 Å². The summed E-state index contributed by atoms with van der Waals surface area (Å²) in [6, 6.07) is 5.38. The second kappa shape index (κ2) is 3.24. The molecule has 0 heterocycles. The quantitative estimate of drug-likeness (QED) is 0.740. The molecule has 0 saturated carbocycles. The average molecular weight is 276 g/mol. The molecule has 2 nitrogen and oxygen atoms in total. The minimum Gasteiger partial charge on any atom is -0.397 e. The van der Waals surface area contributed by atoms with E-state index < -0.39 is 0 Å². The summed E-state index contributed by atoms with van der Waals surface area (Å²) in [4.78, 5) is 0. The summed E-state index contributed by atoms with van der Waals surface area (Å²) < 4.78 is 1.48. The van der Waals surface area contributed by atoms with Crippen molar-refractivity contribution in [2.45, 2.75) is 0 Å². The Kier molecular flexibility index (Phi) is 2.53. The van der Waals surface area contributed by atoms with Crippen LogP contribution in [0.1, 0.15) is 5.56 Å². The molecule has 4 heteroatoms. The standard InChI is InChI=1S/C7H4Br2N2/c8-5-1-4(3-10)2-6(9)7(5)11/h1-2H,11H2. The molecule has 0 aromatic heterocycles. The highest BCUT2D eigenvalue weighted by molar-refractivity contribution is 9.11. The molecular weight excluding hydrogens is 272 g/mol. The largest absolute Gasteiger partial charge is 0.397 e. The van der Waals surface area contributed by atoms with Crippen LogP contribution in [0.2, 0.25) is 0 Å². The summed E-state index contributed by atoms with van der Waals surface area (Å²) in [6.07, 6.45) is 0. The number of hydrogen-bond acceptors (Lipinski definition) is 2. The van der Waals surface area contributed by atoms with Crippen LogP contribution in [0.5, 0.6) is 0 Å². The molecule has 2 N–H and O–H groups in total. The first-order valence-corrected chi connectivity index (χ1v) is 4.38. The Morgan fingerprint density at radius 2 is 1.73 bits per heavy atom. The van der Waals surface area contributed by atoms with E-state index in [1.165, 1.54) is 0 Å². The van der Waals surface area contributed by atoms with Gasteiger partial charge in [0.1, 0.15) is 0 Å². The lowest BCUT2D eigenvalue weighted by Crippen LogP contribution is -1.89. The number of anilines is 1. The number of nitrogen functional groups attached to an aromatic ring is 1. The molecule has 0 fully saturated rings. The van der Waals surface area contributed by atoms with Crippen molar-refractivity contribution in [2.75, 3.05) is 5.73 Å². The Morgan fingerprint density at radius 3 is 2.09 bits per heavy atom. The first-order valence-electron chi connectivity index (χ1n) is 2.79. The number of nitrogens with zero attached hydrogens (tertiary/aromatic N) is 1. The van der Waals surface area contributed by atoms with Gasteiger partial charge in [-0.1, -0.05) is 0 Å². The number of benzene rings is 1. The third kappa shape index (κ3) is 1.73. The van der Waals surface area contributed by atoms with Crippen LogP contribution in [-0.4, -0.2) is 0 Å². The summed E-state index contributed by atoms with van der Waals surface area (Å²) in [5, 5.41) is 8.54. The lowest BCUT2D eigenvalue weighted by atomic mass is 10.2. The smallest absolute Gasteiger partial charge is 0.0992 e. The predicted molar refractivity (Wildman–Crippen MR) is 51.0 cm³/mol. The SMILES string of the molecule is N#Cc1cc(Br)c(N)c(Br)c1. The summed E-state index contributed by atoms with van der Waals surface area (Å²) in [5.74, 6) is 0. The Balaban J connectivity index is 3.35. The van der Waals surface area contributed by atoms with Crippen LogP contribution in [-0.2, 0) is 0 Å². The summed E-state index contributed by atoms with van der Waals surface area (Å²) in [6.45, 7) is 0. The first kappa shape index (κ1) is 8.57. The van der Waals surface area contributed by atoms with E-state index >= 15 is 0 Å². The zero-order valence-corrected chi connectivity index (χ0v) is 8.61. The molecule has 56 valence electrons. The number of nitrogens with two attached hydrogens (primary N) is 1. The van der Waals surface area contributed by atoms with Crippen LogP contribution in [0.25, 0.3) is 0 Å². The maximum Gasteiger partial charge on any atom is 0.0992 e. The van der Waals surface area contributed by atoms with Crippen molar-refractivity contribution in [1.82, 2.24) is 0 Å². The van der Waals surface area contributed by atoms with Crippen LogP contribution in [0.4, 0.5) is 5.69 Å². The Hall–Kier alpha value is -0.530. The van der Waals surface area contributed by atoms with Gasteiger partial charge < -0.3 is 5.73 Å². The molecule has 0 atom stereocenters. The highest BCUT2D eigenvalue weighted by atomic mass is 79.9. The van der Waals surface area contributed by atoms with Gasteiger partial charge in [0.25, 0.3) is 0 Å². The fraction of sp³-hybridized carbons (Fsp3) is 0. The van der Waals surface area contributed by atoms with E-state index in [9.17, 15) is 0 Å². The molecule has 0 aliphatic carbocycles. The highest BCUT2D eigenvalue weighted by Gasteiger charge is 2.02. The zero-order valence-electron chi connectivity index (χ0n) is 5.44. The zero-order chi connectivity index (χ0) is 8.43. The highest BCUT2D eigenvalue weighted by Crippen LogP contribution is 2.28. The van der Waals surface area contributed by atoms with Gasteiger partial charge in [0, 0.05) is 8.95 Å². The van der Waals surface area contributed by atoms with Crippen molar-refractivity contribution in [3.8, 4) is 6.07 Å². The number of nitriles is 1. The van der Waals surface area contributed by atoms with Gasteiger partial charge in [0.15, 0.2) is 0 Å². The number of rotatable bonds is 0. The van der Waals surface area contributed by atoms with Gasteiger partial charge >= 0.3 is 0 Å². The summed E-state index contributed by atoms with van der Waals surface area (Å²) in [5.41, 5.74) is 6.80. The van der Waals surface area contributed by atoms with Gasteiger partial charge in [0.05, 0.1) is 17.3 Å². The summed E-state index contributed by atoms with van der Waals surface area (Å²) in [7, 11) is 0. The minimum atomic E-state index is 0.581. The molecule has 11 heavy (non-hydrogen) atoms. The van der Waals surface area contributed by atoms with Crippen LogP contribution >= 0.6 is 31.9 Å². The van der Waals surface area contributed by atoms with Crippen LogP contribution in [0.3, 0.4) is 0 Å². The molecule has 0 amide bonds. The van der Waals surface area contributed by atoms with Gasteiger partial charge in [-0.3, -0.25) is 0 Å². The molecule has 0 saturated heterocycles. The molecule has 1 aromatic carbocycles. The molecule has 1 rings (SSSR count). The van der Waals surface area contributed by atoms with E-state index in [1.807, 2.05) is 6.07 Å². The average Bonchev–Trinajstić information content (AvgIpc) is 1.99. The third-order valence-corrected chi connectivity index (χ3v) is 2.52. The Bertz CT molecular complexity index is 305. The van der Waals surface area contributed by atoms with Gasteiger partial charge in [-0.15, -0.1) is 0 Å². The molecule has 1 aromatic rings. The van der Waals surface area contributed by atoms with Gasteiger partial charge in [-0.05, 0) is 44.0 Å². The lowest BCUT2D eigenvalue weighted by molar-refractivity contribution is 1.46. The molecule has 0 bridgehead atoms. The summed E-state index contributed by atoms with van der Waals surface area (Å²) >= 11 is 6.46. The van der Waals surface area contributed by atoms with E-state index in [0.717, 1.165) is 8.95 Å². The van der Waals surface area contributed by atoms with Crippen molar-refractivity contribution in [2.24, 2.45) is 0 Å². The minimum absolute atomic E-state index is 0.581. The molecule has 0 unspecified atom stereocenters. The fourth-order valence-electron chi connectivity index (χ4n) is 0.649. The Labute approximate surface area is 81.3 Å². The molecule has 0 aliphatic rings. The topological polar surface area (TPSA) is 49.8 Å². The monoisotopic (exact) mass is 274 g/mol. The van der Waals surface area contributed by atoms with Crippen LogP contribution < -0.4 is 5.73 Å². The Morgan fingerprint density at radius 1 is 1.27 bits per heavy atom. The van der Waals surface area contributed by atoms with Gasteiger partial charge in [-0.25, -0.2) is 0 Å². The van der Waals surface area contributed by atoms with Crippen molar-refractivity contribution in [1.29, 1.82) is 5.26 Å². The van der Waals surface area contributed by atoms with Crippen molar-refractivity contribution in [3.63, 3.8) is 0 Å². The second-order valence-corrected chi connectivity index (χ2v) is 3.67. The van der Waals surface area contributed by atoms with Gasteiger partial charge in [-0.2, -0.15) is 5.26 Å². The number of hydrogen-bond donors (Lipinski definition) is 1.